The zero-order valence-electron chi connectivity index (χ0n) is 10.8. The van der Waals surface area contributed by atoms with Gasteiger partial charge in [0, 0.05) is 5.39 Å². The van der Waals surface area contributed by atoms with Crippen LogP contribution in [0.15, 0.2) is 42.5 Å². The maximum atomic E-state index is 12.5. The SMILES string of the molecule is CC1(C)NC(=S)N(c2cccc3ccccc23)C1=O. The van der Waals surface area contributed by atoms with E-state index >= 15 is 0 Å². The molecule has 0 unspecified atom stereocenters. The summed E-state index contributed by atoms with van der Waals surface area (Å²) in [5, 5.41) is 5.65. The molecule has 1 fully saturated rings. The molecule has 0 radical (unpaired) electrons. The zero-order valence-corrected chi connectivity index (χ0v) is 11.6. The summed E-state index contributed by atoms with van der Waals surface area (Å²) in [6.45, 7) is 3.68. The standard InChI is InChI=1S/C15H14N2OS/c1-15(2)13(18)17(14(19)16-15)12-9-5-7-10-6-3-4-8-11(10)12/h3-9H,1-2H3,(H,16,19). The normalized spacial score (nSPS) is 17.9. The van der Waals surface area contributed by atoms with Crippen LogP contribution in [-0.2, 0) is 4.79 Å². The van der Waals surface area contributed by atoms with Crippen molar-refractivity contribution in [2.75, 3.05) is 4.90 Å². The largest absolute Gasteiger partial charge is 0.348 e. The van der Waals surface area contributed by atoms with Gasteiger partial charge in [0.25, 0.3) is 5.91 Å². The maximum absolute atomic E-state index is 12.5. The molecule has 0 aliphatic carbocycles. The number of nitrogens with zero attached hydrogens (tertiary/aromatic N) is 1. The Kier molecular flexibility index (Phi) is 2.57. The molecule has 0 aromatic heterocycles. The molecule has 1 amide bonds. The number of carbonyl (C=O) groups is 1. The fraction of sp³-hybridized carbons (Fsp3) is 0.200. The molecule has 96 valence electrons. The third-order valence-corrected chi connectivity index (χ3v) is 3.65. The second-order valence-corrected chi connectivity index (χ2v) is 5.58. The van der Waals surface area contributed by atoms with Gasteiger partial charge in [-0.25, -0.2) is 0 Å². The number of benzene rings is 2. The van der Waals surface area contributed by atoms with Gasteiger partial charge < -0.3 is 5.32 Å². The van der Waals surface area contributed by atoms with E-state index in [2.05, 4.69) is 5.32 Å². The summed E-state index contributed by atoms with van der Waals surface area (Å²) in [5.74, 6) is -0.0196. The molecule has 1 N–H and O–H groups in total. The van der Waals surface area contributed by atoms with Gasteiger partial charge in [-0.2, -0.15) is 0 Å². The molecule has 4 heteroatoms. The molecule has 2 aromatic carbocycles. The highest BCUT2D eigenvalue weighted by molar-refractivity contribution is 7.80. The third-order valence-electron chi connectivity index (χ3n) is 3.37. The second kappa shape index (κ2) is 4.03. The number of nitrogens with one attached hydrogen (secondary N) is 1. The lowest BCUT2D eigenvalue weighted by Crippen LogP contribution is -2.40. The Hall–Kier alpha value is -1.94. The Morgan fingerprint density at radius 1 is 1.11 bits per heavy atom. The van der Waals surface area contributed by atoms with Gasteiger partial charge in [0.15, 0.2) is 5.11 Å². The van der Waals surface area contributed by atoms with Crippen LogP contribution in [-0.4, -0.2) is 16.6 Å². The van der Waals surface area contributed by atoms with Crippen molar-refractivity contribution < 1.29 is 4.79 Å². The number of anilines is 1. The molecule has 2 aromatic rings. The number of fused-ring (bicyclic) bond motifs is 1. The summed E-state index contributed by atoms with van der Waals surface area (Å²) in [6, 6.07) is 13.9. The minimum absolute atomic E-state index is 0.0196. The van der Waals surface area contributed by atoms with Crippen LogP contribution in [0.5, 0.6) is 0 Å². The highest BCUT2D eigenvalue weighted by atomic mass is 32.1. The summed E-state index contributed by atoms with van der Waals surface area (Å²) >= 11 is 5.31. The van der Waals surface area contributed by atoms with E-state index < -0.39 is 5.54 Å². The molecule has 0 bridgehead atoms. The van der Waals surface area contributed by atoms with E-state index in [9.17, 15) is 4.79 Å². The molecule has 1 heterocycles. The average molecular weight is 270 g/mol. The van der Waals surface area contributed by atoms with E-state index in [-0.39, 0.29) is 5.91 Å². The van der Waals surface area contributed by atoms with Gasteiger partial charge in [-0.05, 0) is 37.5 Å². The fourth-order valence-corrected chi connectivity index (χ4v) is 2.81. The highest BCUT2D eigenvalue weighted by Crippen LogP contribution is 2.31. The van der Waals surface area contributed by atoms with Crippen LogP contribution in [0, 0.1) is 0 Å². The lowest BCUT2D eigenvalue weighted by Gasteiger charge is -2.18. The van der Waals surface area contributed by atoms with Crippen LogP contribution in [0.1, 0.15) is 13.8 Å². The predicted molar refractivity (Wildman–Crippen MR) is 81.2 cm³/mol. The summed E-state index contributed by atoms with van der Waals surface area (Å²) in [4.78, 5) is 14.1. The Labute approximate surface area is 117 Å². The first kappa shape index (κ1) is 12.1. The van der Waals surface area contributed by atoms with E-state index in [1.807, 2.05) is 56.3 Å². The minimum atomic E-state index is -0.645. The quantitative estimate of drug-likeness (QED) is 0.809. The lowest BCUT2D eigenvalue weighted by atomic mass is 10.0. The number of hydrogen-bond acceptors (Lipinski definition) is 2. The zero-order chi connectivity index (χ0) is 13.6. The summed E-state index contributed by atoms with van der Waals surface area (Å²) < 4.78 is 0. The van der Waals surface area contributed by atoms with Gasteiger partial charge in [0.2, 0.25) is 0 Å². The first-order chi connectivity index (χ1) is 9.00. The van der Waals surface area contributed by atoms with Crippen molar-refractivity contribution in [1.29, 1.82) is 0 Å². The van der Waals surface area contributed by atoms with Crippen molar-refractivity contribution in [3.8, 4) is 0 Å². The molecular weight excluding hydrogens is 256 g/mol. The molecule has 1 aliphatic heterocycles. The summed E-state index contributed by atoms with van der Waals surface area (Å²) in [6.07, 6.45) is 0. The van der Waals surface area contributed by atoms with Crippen LogP contribution in [0.3, 0.4) is 0 Å². The van der Waals surface area contributed by atoms with Gasteiger partial charge >= 0.3 is 0 Å². The molecule has 1 saturated heterocycles. The van der Waals surface area contributed by atoms with Crippen LogP contribution >= 0.6 is 12.2 Å². The Morgan fingerprint density at radius 3 is 2.47 bits per heavy atom. The number of carbonyl (C=O) groups excluding carboxylic acids is 1. The van der Waals surface area contributed by atoms with E-state index in [1.165, 1.54) is 0 Å². The number of amides is 1. The summed E-state index contributed by atoms with van der Waals surface area (Å²) in [5.41, 5.74) is 0.194. The number of hydrogen-bond donors (Lipinski definition) is 1. The minimum Gasteiger partial charge on any atom is -0.348 e. The van der Waals surface area contributed by atoms with E-state index in [1.54, 1.807) is 4.90 Å². The Balaban J connectivity index is 2.21. The van der Waals surface area contributed by atoms with Gasteiger partial charge in [-0.15, -0.1) is 0 Å². The Morgan fingerprint density at radius 2 is 1.79 bits per heavy atom. The third kappa shape index (κ3) is 1.79. The topological polar surface area (TPSA) is 32.3 Å². The summed E-state index contributed by atoms with van der Waals surface area (Å²) in [7, 11) is 0. The van der Waals surface area contributed by atoms with Crippen LogP contribution in [0.4, 0.5) is 5.69 Å². The highest BCUT2D eigenvalue weighted by Gasteiger charge is 2.43. The van der Waals surface area contributed by atoms with Crippen LogP contribution in [0.2, 0.25) is 0 Å². The van der Waals surface area contributed by atoms with E-state index in [0.29, 0.717) is 5.11 Å². The van der Waals surface area contributed by atoms with Crippen molar-refractivity contribution >= 4 is 39.7 Å². The van der Waals surface area contributed by atoms with E-state index in [0.717, 1.165) is 16.5 Å². The number of thiocarbonyl (C=S) groups is 1. The number of rotatable bonds is 1. The molecule has 3 rings (SSSR count). The molecule has 19 heavy (non-hydrogen) atoms. The molecule has 1 aliphatic rings. The van der Waals surface area contributed by atoms with Crippen molar-refractivity contribution in [3.63, 3.8) is 0 Å². The van der Waals surface area contributed by atoms with Crippen molar-refractivity contribution in [2.24, 2.45) is 0 Å². The van der Waals surface area contributed by atoms with Crippen LogP contribution in [0.25, 0.3) is 10.8 Å². The smallest absolute Gasteiger partial charge is 0.258 e. The van der Waals surface area contributed by atoms with Gasteiger partial charge in [-0.3, -0.25) is 9.69 Å². The van der Waals surface area contributed by atoms with Gasteiger partial charge in [0.1, 0.15) is 5.54 Å². The van der Waals surface area contributed by atoms with Crippen molar-refractivity contribution in [1.82, 2.24) is 5.32 Å². The first-order valence-corrected chi connectivity index (χ1v) is 6.56. The maximum Gasteiger partial charge on any atom is 0.258 e. The van der Waals surface area contributed by atoms with E-state index in [4.69, 9.17) is 12.2 Å². The molecule has 3 nitrogen and oxygen atoms in total. The fourth-order valence-electron chi connectivity index (χ4n) is 2.37. The first-order valence-electron chi connectivity index (χ1n) is 6.15. The van der Waals surface area contributed by atoms with Crippen molar-refractivity contribution in [2.45, 2.75) is 19.4 Å². The van der Waals surface area contributed by atoms with Crippen LogP contribution < -0.4 is 10.2 Å². The Bertz CT molecular complexity index is 688. The van der Waals surface area contributed by atoms with Gasteiger partial charge in [-0.1, -0.05) is 36.4 Å². The lowest BCUT2D eigenvalue weighted by molar-refractivity contribution is -0.120. The molecule has 0 saturated carbocycles. The van der Waals surface area contributed by atoms with Gasteiger partial charge in [0.05, 0.1) is 5.69 Å². The monoisotopic (exact) mass is 270 g/mol. The average Bonchev–Trinajstić information content (AvgIpc) is 2.58. The van der Waals surface area contributed by atoms with Crippen molar-refractivity contribution in [3.05, 3.63) is 42.5 Å². The predicted octanol–water partition coefficient (Wildman–Crippen LogP) is 2.84. The molecular formula is C15H14N2OS. The second-order valence-electron chi connectivity index (χ2n) is 5.19. The molecule has 0 atom stereocenters. The molecule has 0 spiro atoms.